The van der Waals surface area contributed by atoms with Crippen LogP contribution in [0.4, 0.5) is 0 Å². The van der Waals surface area contributed by atoms with E-state index in [9.17, 15) is 0 Å². The largest absolute Gasteiger partial charge is 0.468 e. The van der Waals surface area contributed by atoms with E-state index in [2.05, 4.69) is 114 Å². The molecule has 0 unspecified atom stereocenters. The minimum absolute atomic E-state index is 0.0501. The van der Waals surface area contributed by atoms with Crippen LogP contribution in [0.5, 0.6) is 0 Å². The highest BCUT2D eigenvalue weighted by Crippen LogP contribution is 2.40. The highest BCUT2D eigenvalue weighted by Gasteiger charge is 2.44. The maximum atomic E-state index is 6.62. The van der Waals surface area contributed by atoms with E-state index < -0.39 is 0 Å². The fraction of sp³-hybridized carbons (Fsp3) is 0.395. The van der Waals surface area contributed by atoms with Gasteiger partial charge in [-0.05, 0) is 92.5 Å². The molecule has 0 saturated heterocycles. The second-order valence-electron chi connectivity index (χ2n) is 14.2. The third kappa shape index (κ3) is 4.83. The molecule has 0 spiro atoms. The third-order valence-corrected chi connectivity index (χ3v) is 9.45. The second kappa shape index (κ2) is 10.0. The van der Waals surface area contributed by atoms with Crippen molar-refractivity contribution in [3.8, 4) is 16.9 Å². The number of benzene rings is 2. The average Bonchev–Trinajstić information content (AvgIpc) is 3.50. The van der Waals surface area contributed by atoms with Crippen LogP contribution in [0.15, 0.2) is 71.9 Å². The van der Waals surface area contributed by atoms with Gasteiger partial charge in [-0.1, -0.05) is 64.8 Å². The van der Waals surface area contributed by atoms with Gasteiger partial charge in [-0.25, -0.2) is 9.98 Å². The molecular weight excluding hydrogens is 528 g/mol. The van der Waals surface area contributed by atoms with E-state index in [-0.39, 0.29) is 23.0 Å². The quantitative estimate of drug-likeness (QED) is 0.216. The van der Waals surface area contributed by atoms with Gasteiger partial charge in [0.1, 0.15) is 11.3 Å². The summed E-state index contributed by atoms with van der Waals surface area (Å²) >= 11 is 0. The molecule has 2 aliphatic rings. The number of pyridine rings is 2. The van der Waals surface area contributed by atoms with Crippen LogP contribution in [0.3, 0.4) is 0 Å². The van der Waals surface area contributed by atoms with Crippen molar-refractivity contribution in [1.82, 2.24) is 14.5 Å². The minimum atomic E-state index is -0.225. The Morgan fingerprint density at radius 1 is 0.907 bits per heavy atom. The van der Waals surface area contributed by atoms with Crippen LogP contribution < -0.4 is 0 Å². The van der Waals surface area contributed by atoms with Crippen molar-refractivity contribution in [2.45, 2.75) is 97.1 Å². The number of ether oxygens (including phenoxy) is 1. The first-order valence-corrected chi connectivity index (χ1v) is 15.8. The lowest BCUT2D eigenvalue weighted by molar-refractivity contribution is 0.0444. The van der Waals surface area contributed by atoms with E-state index in [4.69, 9.17) is 19.7 Å². The molecule has 5 aromatic rings. The standard InChI is InChI=1S/C38H42N4O/c1-23(2)30-21-27(22-32(40-30)36-41-35-10-8-9-16-38(35,7)43-36)42-33-14-11-24(3)18-29(33)28-13-12-25(19-34(28)42)31-20-26(15-17-39-31)37(4,5)6/h11-15,17-23,35H,8-10,16H2,1-7H3/t35-,38-/m0/s1. The Morgan fingerprint density at radius 3 is 2.51 bits per heavy atom. The molecule has 3 aromatic heterocycles. The molecule has 43 heavy (non-hydrogen) atoms. The predicted molar refractivity (Wildman–Crippen MR) is 178 cm³/mol. The zero-order valence-corrected chi connectivity index (χ0v) is 26.5. The van der Waals surface area contributed by atoms with Gasteiger partial charge in [0.2, 0.25) is 5.90 Å². The third-order valence-electron chi connectivity index (χ3n) is 9.45. The molecule has 4 heterocycles. The molecule has 7 rings (SSSR count). The van der Waals surface area contributed by atoms with E-state index in [1.165, 1.54) is 40.3 Å². The fourth-order valence-electron chi connectivity index (χ4n) is 6.81. The van der Waals surface area contributed by atoms with Crippen LogP contribution >= 0.6 is 0 Å². The number of aliphatic imine (C=N–C) groups is 1. The molecule has 5 heteroatoms. The Kier molecular flexibility index (Phi) is 6.50. The number of hydrogen-bond donors (Lipinski definition) is 0. The molecule has 0 bridgehead atoms. The van der Waals surface area contributed by atoms with Gasteiger partial charge in [-0.2, -0.15) is 0 Å². The summed E-state index contributed by atoms with van der Waals surface area (Å²) in [6.07, 6.45) is 6.46. The average molecular weight is 571 g/mol. The van der Waals surface area contributed by atoms with E-state index in [1.54, 1.807) is 0 Å². The van der Waals surface area contributed by atoms with Crippen molar-refractivity contribution >= 4 is 27.7 Å². The molecule has 2 atom stereocenters. The van der Waals surface area contributed by atoms with Crippen LogP contribution in [-0.2, 0) is 10.2 Å². The zero-order chi connectivity index (χ0) is 30.1. The zero-order valence-electron chi connectivity index (χ0n) is 26.5. The molecule has 0 radical (unpaired) electrons. The fourth-order valence-corrected chi connectivity index (χ4v) is 6.81. The monoisotopic (exact) mass is 570 g/mol. The number of hydrogen-bond acceptors (Lipinski definition) is 4. The Morgan fingerprint density at radius 2 is 1.74 bits per heavy atom. The summed E-state index contributed by atoms with van der Waals surface area (Å²) in [4.78, 5) is 15.0. The van der Waals surface area contributed by atoms with E-state index in [0.717, 1.165) is 46.7 Å². The Hall–Kier alpha value is -3.99. The molecule has 1 aliphatic carbocycles. The molecule has 220 valence electrons. The molecule has 5 nitrogen and oxygen atoms in total. The molecule has 1 saturated carbocycles. The van der Waals surface area contributed by atoms with Gasteiger partial charge in [0.05, 0.1) is 28.5 Å². The number of fused-ring (bicyclic) bond motifs is 4. The number of rotatable bonds is 4. The summed E-state index contributed by atoms with van der Waals surface area (Å²) in [5, 5.41) is 2.47. The lowest BCUT2D eigenvalue weighted by Gasteiger charge is -2.33. The molecule has 2 aromatic carbocycles. The van der Waals surface area contributed by atoms with Crippen LogP contribution in [-0.4, -0.2) is 32.1 Å². The SMILES string of the molecule is Cc1ccc2c(c1)c1ccc(-c3cc(C(C)(C)C)ccn3)cc1n2-c1cc(C2=N[C@H]3CCCC[C@]3(C)O2)nc(C(C)C)c1. The maximum Gasteiger partial charge on any atom is 0.236 e. The van der Waals surface area contributed by atoms with Crippen molar-refractivity contribution in [3.63, 3.8) is 0 Å². The van der Waals surface area contributed by atoms with Crippen LogP contribution in [0.1, 0.15) is 95.7 Å². The van der Waals surface area contributed by atoms with Gasteiger partial charge in [0, 0.05) is 28.2 Å². The first kappa shape index (κ1) is 27.8. The predicted octanol–water partition coefficient (Wildman–Crippen LogP) is 9.45. The van der Waals surface area contributed by atoms with Gasteiger partial charge in [0.15, 0.2) is 0 Å². The molecule has 0 amide bonds. The van der Waals surface area contributed by atoms with E-state index in [1.807, 2.05) is 6.20 Å². The van der Waals surface area contributed by atoms with Gasteiger partial charge < -0.3 is 9.30 Å². The summed E-state index contributed by atoms with van der Waals surface area (Å²) in [6, 6.07) is 22.5. The smallest absolute Gasteiger partial charge is 0.236 e. The summed E-state index contributed by atoms with van der Waals surface area (Å²) < 4.78 is 9.01. The molecule has 1 fully saturated rings. The first-order chi connectivity index (χ1) is 20.5. The lowest BCUT2D eigenvalue weighted by Crippen LogP contribution is -2.39. The van der Waals surface area contributed by atoms with Gasteiger partial charge >= 0.3 is 0 Å². The van der Waals surface area contributed by atoms with Gasteiger partial charge in [-0.15, -0.1) is 0 Å². The topological polar surface area (TPSA) is 52.3 Å². The highest BCUT2D eigenvalue weighted by atomic mass is 16.5. The summed E-state index contributed by atoms with van der Waals surface area (Å²) in [6.45, 7) is 15.5. The summed E-state index contributed by atoms with van der Waals surface area (Å²) in [5.74, 6) is 0.951. The van der Waals surface area contributed by atoms with Crippen molar-refractivity contribution in [3.05, 3.63) is 89.4 Å². The van der Waals surface area contributed by atoms with Gasteiger partial charge in [0.25, 0.3) is 0 Å². The van der Waals surface area contributed by atoms with Gasteiger partial charge in [-0.3, -0.25) is 4.98 Å². The van der Waals surface area contributed by atoms with Crippen LogP contribution in [0.25, 0.3) is 38.8 Å². The lowest BCUT2D eigenvalue weighted by atomic mass is 9.82. The molecule has 1 aliphatic heterocycles. The number of aryl methyl sites for hydroxylation is 1. The highest BCUT2D eigenvalue weighted by molar-refractivity contribution is 6.10. The van der Waals surface area contributed by atoms with Crippen molar-refractivity contribution < 1.29 is 4.74 Å². The Labute approximate surface area is 255 Å². The maximum absolute atomic E-state index is 6.62. The Balaban J connectivity index is 1.45. The molecule has 0 N–H and O–H groups in total. The van der Waals surface area contributed by atoms with Crippen LogP contribution in [0.2, 0.25) is 0 Å². The number of nitrogens with zero attached hydrogens (tertiary/aromatic N) is 4. The van der Waals surface area contributed by atoms with Crippen molar-refractivity contribution in [1.29, 1.82) is 0 Å². The normalized spacial score (nSPS) is 20.5. The van der Waals surface area contributed by atoms with Crippen molar-refractivity contribution in [2.24, 2.45) is 4.99 Å². The number of aromatic nitrogens is 3. The summed E-state index contributed by atoms with van der Waals surface area (Å²) in [7, 11) is 0. The summed E-state index contributed by atoms with van der Waals surface area (Å²) in [5.41, 5.74) is 9.73. The minimum Gasteiger partial charge on any atom is -0.468 e. The van der Waals surface area contributed by atoms with Crippen molar-refractivity contribution in [2.75, 3.05) is 0 Å². The first-order valence-electron chi connectivity index (χ1n) is 15.8. The van der Waals surface area contributed by atoms with E-state index >= 15 is 0 Å². The molecular formula is C38H42N4O. The second-order valence-corrected chi connectivity index (χ2v) is 14.2. The van der Waals surface area contributed by atoms with E-state index in [0.29, 0.717) is 5.90 Å². The van der Waals surface area contributed by atoms with Crippen LogP contribution in [0, 0.1) is 6.92 Å². The Bertz CT molecular complexity index is 1910.